The Kier molecular flexibility index (Phi) is 4.38. The molecule has 0 bridgehead atoms. The monoisotopic (exact) mass is 358 g/mol. The van der Waals surface area contributed by atoms with Gasteiger partial charge < -0.3 is 15.2 Å². The number of likely N-dealkylation sites (tertiary alicyclic amines) is 1. The summed E-state index contributed by atoms with van der Waals surface area (Å²) in [6, 6.07) is 1.64. The van der Waals surface area contributed by atoms with E-state index in [2.05, 4.69) is 20.8 Å². The highest BCUT2D eigenvalue weighted by Crippen LogP contribution is 2.46. The summed E-state index contributed by atoms with van der Waals surface area (Å²) in [4.78, 5) is 2.15. The van der Waals surface area contributed by atoms with E-state index in [0.717, 1.165) is 19.4 Å². The molecule has 6 heteroatoms. The summed E-state index contributed by atoms with van der Waals surface area (Å²) in [5, 5.41) is 0. The Bertz CT molecular complexity index is 541. The lowest BCUT2D eigenvalue weighted by molar-refractivity contribution is 0.276. The lowest BCUT2D eigenvalue weighted by Gasteiger charge is -2.24. The van der Waals surface area contributed by atoms with Gasteiger partial charge in [0, 0.05) is 25.1 Å². The van der Waals surface area contributed by atoms with Crippen LogP contribution in [0.25, 0.3) is 0 Å². The Labute approximate surface area is 132 Å². The number of nitrogens with two attached hydrogens (primary N) is 1. The molecule has 3 rings (SSSR count). The summed E-state index contributed by atoms with van der Waals surface area (Å²) in [5.74, 6) is 1.32. The molecule has 2 atom stereocenters. The molecular formula is C15H20BrFN2O2. The van der Waals surface area contributed by atoms with Gasteiger partial charge >= 0.3 is 0 Å². The summed E-state index contributed by atoms with van der Waals surface area (Å²) >= 11 is 3.30. The maximum Gasteiger partial charge on any atom is 0.168 e. The first kappa shape index (κ1) is 15.1. The van der Waals surface area contributed by atoms with Crippen molar-refractivity contribution in [2.24, 2.45) is 11.7 Å². The lowest BCUT2D eigenvalue weighted by Crippen LogP contribution is -2.21. The fraction of sp³-hybridized carbons (Fsp3) is 0.600. The molecule has 1 fully saturated rings. The van der Waals surface area contributed by atoms with Gasteiger partial charge in [-0.15, -0.1) is 0 Å². The number of hydrogen-bond acceptors (Lipinski definition) is 4. The zero-order valence-electron chi connectivity index (χ0n) is 12.1. The van der Waals surface area contributed by atoms with E-state index in [9.17, 15) is 4.39 Å². The van der Waals surface area contributed by atoms with Crippen LogP contribution >= 0.6 is 15.9 Å². The average Bonchev–Trinajstić information content (AvgIpc) is 2.68. The van der Waals surface area contributed by atoms with Crippen LogP contribution in [0.2, 0.25) is 0 Å². The first-order chi connectivity index (χ1) is 10.1. The molecule has 2 aliphatic heterocycles. The molecule has 0 aliphatic carbocycles. The molecule has 2 heterocycles. The Balaban J connectivity index is 2.06. The van der Waals surface area contributed by atoms with Gasteiger partial charge in [0.25, 0.3) is 0 Å². The molecule has 0 saturated carbocycles. The number of benzene rings is 1. The lowest BCUT2D eigenvalue weighted by atomic mass is 9.98. The third-order valence-corrected chi connectivity index (χ3v) is 4.84. The van der Waals surface area contributed by atoms with E-state index in [1.54, 1.807) is 6.07 Å². The topological polar surface area (TPSA) is 47.7 Å². The smallest absolute Gasteiger partial charge is 0.168 e. The van der Waals surface area contributed by atoms with Crippen LogP contribution in [0.3, 0.4) is 0 Å². The SMILES string of the molecule is CN1CC(CN)CC1c1c(F)c(Br)cc2c1OCCCO2. The Morgan fingerprint density at radius 1 is 1.43 bits per heavy atom. The van der Waals surface area contributed by atoms with E-state index in [4.69, 9.17) is 15.2 Å². The van der Waals surface area contributed by atoms with Crippen molar-refractivity contribution < 1.29 is 13.9 Å². The van der Waals surface area contributed by atoms with Gasteiger partial charge in [-0.1, -0.05) is 0 Å². The van der Waals surface area contributed by atoms with Crippen molar-refractivity contribution in [1.29, 1.82) is 0 Å². The second kappa shape index (κ2) is 6.10. The first-order valence-corrected chi connectivity index (χ1v) is 8.09. The van der Waals surface area contributed by atoms with Crippen molar-refractivity contribution in [3.8, 4) is 11.5 Å². The van der Waals surface area contributed by atoms with Crippen molar-refractivity contribution in [2.45, 2.75) is 18.9 Å². The number of halogens is 2. The number of hydrogen-bond donors (Lipinski definition) is 1. The summed E-state index contributed by atoms with van der Waals surface area (Å²) in [5.41, 5.74) is 6.38. The number of nitrogens with zero attached hydrogens (tertiary/aromatic N) is 1. The molecule has 4 nitrogen and oxygen atoms in total. The third kappa shape index (κ3) is 2.76. The highest BCUT2D eigenvalue weighted by molar-refractivity contribution is 9.10. The van der Waals surface area contributed by atoms with Gasteiger partial charge in [-0.3, -0.25) is 4.90 Å². The molecule has 0 aromatic heterocycles. The van der Waals surface area contributed by atoms with Gasteiger partial charge in [0.05, 0.1) is 23.2 Å². The molecule has 1 aromatic rings. The highest BCUT2D eigenvalue weighted by Gasteiger charge is 2.36. The molecule has 0 radical (unpaired) electrons. The van der Waals surface area contributed by atoms with Gasteiger partial charge in [-0.05, 0) is 41.9 Å². The van der Waals surface area contributed by atoms with E-state index >= 15 is 0 Å². The van der Waals surface area contributed by atoms with Crippen LogP contribution in [0.4, 0.5) is 4.39 Å². The zero-order chi connectivity index (χ0) is 15.0. The van der Waals surface area contributed by atoms with Crippen LogP contribution in [0.15, 0.2) is 10.5 Å². The molecule has 116 valence electrons. The van der Waals surface area contributed by atoms with Crippen LogP contribution in [-0.2, 0) is 0 Å². The molecule has 0 amide bonds. The van der Waals surface area contributed by atoms with E-state index in [0.29, 0.717) is 47.2 Å². The molecule has 1 aromatic carbocycles. The average molecular weight is 359 g/mol. The van der Waals surface area contributed by atoms with Crippen molar-refractivity contribution in [1.82, 2.24) is 4.90 Å². The van der Waals surface area contributed by atoms with Crippen LogP contribution in [0.1, 0.15) is 24.4 Å². The van der Waals surface area contributed by atoms with Gasteiger partial charge in [-0.2, -0.15) is 0 Å². The van der Waals surface area contributed by atoms with Crippen LogP contribution in [-0.4, -0.2) is 38.3 Å². The molecule has 21 heavy (non-hydrogen) atoms. The molecule has 0 spiro atoms. The van der Waals surface area contributed by atoms with Crippen molar-refractivity contribution >= 4 is 15.9 Å². The summed E-state index contributed by atoms with van der Waals surface area (Å²) in [6.07, 6.45) is 1.65. The number of fused-ring (bicyclic) bond motifs is 1. The summed E-state index contributed by atoms with van der Waals surface area (Å²) in [6.45, 7) is 2.65. The van der Waals surface area contributed by atoms with Gasteiger partial charge in [0.15, 0.2) is 11.5 Å². The fourth-order valence-electron chi connectivity index (χ4n) is 3.19. The predicted molar refractivity (Wildman–Crippen MR) is 82.2 cm³/mol. The second-order valence-electron chi connectivity index (χ2n) is 5.76. The molecule has 2 aliphatic rings. The summed E-state index contributed by atoms with van der Waals surface area (Å²) < 4.78 is 26.7. The fourth-order valence-corrected chi connectivity index (χ4v) is 3.61. The number of rotatable bonds is 2. The normalized spacial score (nSPS) is 25.9. The molecule has 1 saturated heterocycles. The van der Waals surface area contributed by atoms with Gasteiger partial charge in [0.2, 0.25) is 0 Å². The summed E-state index contributed by atoms with van der Waals surface area (Å²) in [7, 11) is 2.00. The van der Waals surface area contributed by atoms with Crippen LogP contribution in [0.5, 0.6) is 11.5 Å². The van der Waals surface area contributed by atoms with Gasteiger partial charge in [-0.25, -0.2) is 4.39 Å². The zero-order valence-corrected chi connectivity index (χ0v) is 13.7. The third-order valence-electron chi connectivity index (χ3n) is 4.27. The molecular weight excluding hydrogens is 339 g/mol. The first-order valence-electron chi connectivity index (χ1n) is 7.29. The van der Waals surface area contributed by atoms with Crippen molar-refractivity contribution in [3.05, 3.63) is 21.9 Å². The van der Waals surface area contributed by atoms with E-state index in [1.807, 2.05) is 7.05 Å². The largest absolute Gasteiger partial charge is 0.490 e. The molecule has 2 N–H and O–H groups in total. The molecule has 2 unspecified atom stereocenters. The van der Waals surface area contributed by atoms with E-state index in [1.165, 1.54) is 0 Å². The van der Waals surface area contributed by atoms with Crippen molar-refractivity contribution in [2.75, 3.05) is 33.4 Å². The van der Waals surface area contributed by atoms with Crippen molar-refractivity contribution in [3.63, 3.8) is 0 Å². The Hall–Kier alpha value is -0.850. The standard InChI is InChI=1S/C15H20BrFN2O2/c1-19-8-9(7-18)5-11(19)13-14(17)10(16)6-12-15(13)21-4-2-3-20-12/h6,9,11H,2-5,7-8,18H2,1H3. The Morgan fingerprint density at radius 2 is 2.19 bits per heavy atom. The number of ether oxygens (including phenoxy) is 2. The minimum Gasteiger partial charge on any atom is -0.490 e. The maximum absolute atomic E-state index is 14.7. The highest BCUT2D eigenvalue weighted by atomic mass is 79.9. The van der Waals surface area contributed by atoms with Crippen LogP contribution in [0, 0.1) is 11.7 Å². The minimum absolute atomic E-state index is 0.0218. The Morgan fingerprint density at radius 3 is 2.90 bits per heavy atom. The quantitative estimate of drug-likeness (QED) is 0.882. The minimum atomic E-state index is -0.256. The second-order valence-corrected chi connectivity index (χ2v) is 6.61. The van der Waals surface area contributed by atoms with E-state index < -0.39 is 0 Å². The maximum atomic E-state index is 14.7. The van der Waals surface area contributed by atoms with Crippen LogP contribution < -0.4 is 15.2 Å². The van der Waals surface area contributed by atoms with Gasteiger partial charge in [0.1, 0.15) is 5.82 Å². The predicted octanol–water partition coefficient (Wildman–Crippen LogP) is 2.70. The van der Waals surface area contributed by atoms with E-state index in [-0.39, 0.29) is 11.9 Å².